The smallest absolute Gasteiger partial charge is 0.176 e. The largest absolute Gasteiger partial charge is 0.331 e. The van der Waals surface area contributed by atoms with Crippen molar-refractivity contribution in [3.8, 4) is 0 Å². The van der Waals surface area contributed by atoms with Crippen molar-refractivity contribution in [2.75, 3.05) is 10.6 Å². The molecule has 0 atom stereocenters. The fourth-order valence-electron chi connectivity index (χ4n) is 2.16. The molecular formula is C17H13BrCl2N4S. The Bertz CT molecular complexity index is 896. The number of thiocarbonyl (C=S) groups is 1. The molecule has 128 valence electrons. The molecular weight excluding hydrogens is 443 g/mol. The maximum Gasteiger partial charge on any atom is 0.176 e. The van der Waals surface area contributed by atoms with Crippen LogP contribution in [-0.2, 0) is 6.54 Å². The zero-order chi connectivity index (χ0) is 17.8. The summed E-state index contributed by atoms with van der Waals surface area (Å²) in [5.74, 6) is 0.646. The number of anilines is 2. The van der Waals surface area contributed by atoms with E-state index in [4.69, 9.17) is 35.4 Å². The maximum atomic E-state index is 6.12. The van der Waals surface area contributed by atoms with Crippen molar-refractivity contribution in [3.63, 3.8) is 0 Å². The van der Waals surface area contributed by atoms with Crippen LogP contribution in [-0.4, -0.2) is 14.9 Å². The van der Waals surface area contributed by atoms with Gasteiger partial charge in [-0.3, -0.25) is 4.68 Å². The van der Waals surface area contributed by atoms with E-state index in [1.165, 1.54) is 0 Å². The lowest BCUT2D eigenvalue weighted by molar-refractivity contribution is 0.690. The SMILES string of the molecule is S=C(Nc1ccn(Cc2ccc(Br)cc2)n1)Nc1cc(Cl)ccc1Cl. The molecule has 0 spiro atoms. The van der Waals surface area contributed by atoms with Gasteiger partial charge in [0.25, 0.3) is 0 Å². The molecule has 25 heavy (non-hydrogen) atoms. The summed E-state index contributed by atoms with van der Waals surface area (Å²) in [6, 6.07) is 15.1. The van der Waals surface area contributed by atoms with Crippen molar-refractivity contribution < 1.29 is 0 Å². The van der Waals surface area contributed by atoms with Crippen molar-refractivity contribution in [2.45, 2.75) is 6.54 Å². The molecule has 0 saturated heterocycles. The molecule has 3 aromatic rings. The van der Waals surface area contributed by atoms with Crippen LogP contribution in [0.2, 0.25) is 10.0 Å². The third-order valence-corrected chi connectivity index (χ3v) is 4.61. The number of aromatic nitrogens is 2. The van der Waals surface area contributed by atoms with Gasteiger partial charge >= 0.3 is 0 Å². The van der Waals surface area contributed by atoms with Gasteiger partial charge in [0, 0.05) is 21.8 Å². The van der Waals surface area contributed by atoms with E-state index < -0.39 is 0 Å². The summed E-state index contributed by atoms with van der Waals surface area (Å²) in [5.41, 5.74) is 1.80. The molecule has 0 bridgehead atoms. The fraction of sp³-hybridized carbons (Fsp3) is 0.0588. The van der Waals surface area contributed by atoms with E-state index in [0.29, 0.717) is 33.2 Å². The molecule has 3 rings (SSSR count). The number of rotatable bonds is 4. The minimum atomic E-state index is 0.387. The molecule has 0 aliphatic carbocycles. The Morgan fingerprint density at radius 1 is 1.08 bits per heavy atom. The molecule has 0 amide bonds. The zero-order valence-electron chi connectivity index (χ0n) is 12.8. The van der Waals surface area contributed by atoms with Crippen LogP contribution < -0.4 is 10.6 Å². The molecule has 2 aromatic carbocycles. The number of halogens is 3. The highest BCUT2D eigenvalue weighted by Gasteiger charge is 2.06. The van der Waals surface area contributed by atoms with E-state index >= 15 is 0 Å². The van der Waals surface area contributed by atoms with E-state index in [2.05, 4.69) is 31.7 Å². The first kappa shape index (κ1) is 18.2. The lowest BCUT2D eigenvalue weighted by Gasteiger charge is -2.10. The molecule has 0 aliphatic heterocycles. The number of nitrogens with zero attached hydrogens (tertiary/aromatic N) is 2. The van der Waals surface area contributed by atoms with Crippen LogP contribution in [0.15, 0.2) is 59.2 Å². The second-order valence-electron chi connectivity index (χ2n) is 5.23. The van der Waals surface area contributed by atoms with Gasteiger partial charge in [0.15, 0.2) is 10.9 Å². The molecule has 8 heteroatoms. The molecule has 1 aromatic heterocycles. The van der Waals surface area contributed by atoms with Crippen LogP contribution >= 0.6 is 51.3 Å². The number of benzene rings is 2. The Balaban J connectivity index is 1.61. The van der Waals surface area contributed by atoms with Crippen molar-refractivity contribution >= 4 is 68.0 Å². The third kappa shape index (κ3) is 5.19. The first-order valence-corrected chi connectivity index (χ1v) is 9.26. The summed E-state index contributed by atoms with van der Waals surface area (Å²) < 4.78 is 2.88. The van der Waals surface area contributed by atoms with Crippen LogP contribution in [0, 0.1) is 0 Å². The molecule has 2 N–H and O–H groups in total. The molecule has 0 fully saturated rings. The van der Waals surface area contributed by atoms with Crippen LogP contribution in [0.25, 0.3) is 0 Å². The molecule has 0 saturated carbocycles. The molecule has 0 unspecified atom stereocenters. The van der Waals surface area contributed by atoms with Gasteiger partial charge in [-0.2, -0.15) is 5.10 Å². The van der Waals surface area contributed by atoms with Gasteiger partial charge in [-0.1, -0.05) is 51.3 Å². The molecule has 1 heterocycles. The molecule has 4 nitrogen and oxygen atoms in total. The van der Waals surface area contributed by atoms with Gasteiger partial charge in [0.05, 0.1) is 17.3 Å². The van der Waals surface area contributed by atoms with Gasteiger partial charge in [-0.25, -0.2) is 0 Å². The Morgan fingerprint density at radius 2 is 1.84 bits per heavy atom. The standard InChI is InChI=1S/C17H13BrCl2N4S/c18-12-3-1-11(2-4-12)10-24-8-7-16(23-24)22-17(25)21-15-9-13(19)5-6-14(15)20/h1-9H,10H2,(H2,21,22,23,25). The van der Waals surface area contributed by atoms with Crippen molar-refractivity contribution in [1.82, 2.24) is 9.78 Å². The van der Waals surface area contributed by atoms with Gasteiger partial charge < -0.3 is 10.6 Å². The molecule has 0 radical (unpaired) electrons. The van der Waals surface area contributed by atoms with Crippen molar-refractivity contribution in [3.05, 3.63) is 74.8 Å². The average molecular weight is 456 g/mol. The second-order valence-corrected chi connectivity index (χ2v) is 7.40. The van der Waals surface area contributed by atoms with E-state index in [1.807, 2.05) is 41.2 Å². The van der Waals surface area contributed by atoms with Crippen LogP contribution in [0.3, 0.4) is 0 Å². The Kier molecular flexibility index (Phi) is 5.96. The zero-order valence-corrected chi connectivity index (χ0v) is 16.8. The van der Waals surface area contributed by atoms with Gasteiger partial charge in [0.2, 0.25) is 0 Å². The van der Waals surface area contributed by atoms with Gasteiger partial charge in [0.1, 0.15) is 0 Å². The fourth-order valence-corrected chi connectivity index (χ4v) is 2.97. The van der Waals surface area contributed by atoms with Gasteiger partial charge in [-0.15, -0.1) is 0 Å². The molecule has 0 aliphatic rings. The topological polar surface area (TPSA) is 41.9 Å². The lowest BCUT2D eigenvalue weighted by Crippen LogP contribution is -2.19. The van der Waals surface area contributed by atoms with Gasteiger partial charge in [-0.05, 0) is 48.1 Å². The van der Waals surface area contributed by atoms with Crippen LogP contribution in [0.5, 0.6) is 0 Å². The predicted molar refractivity (Wildman–Crippen MR) is 112 cm³/mol. The summed E-state index contributed by atoms with van der Waals surface area (Å²) in [4.78, 5) is 0. The highest BCUT2D eigenvalue weighted by atomic mass is 79.9. The summed E-state index contributed by atoms with van der Waals surface area (Å²) in [6.07, 6.45) is 1.89. The monoisotopic (exact) mass is 454 g/mol. The summed E-state index contributed by atoms with van der Waals surface area (Å²) >= 11 is 20.8. The van der Waals surface area contributed by atoms with Crippen LogP contribution in [0.1, 0.15) is 5.56 Å². The minimum absolute atomic E-state index is 0.387. The minimum Gasteiger partial charge on any atom is -0.331 e. The number of nitrogens with one attached hydrogen (secondary N) is 2. The van der Waals surface area contributed by atoms with E-state index in [1.54, 1.807) is 18.2 Å². The normalized spacial score (nSPS) is 10.5. The summed E-state index contributed by atoms with van der Waals surface area (Å²) in [5, 5.41) is 12.0. The second kappa shape index (κ2) is 8.19. The Morgan fingerprint density at radius 3 is 2.60 bits per heavy atom. The van der Waals surface area contributed by atoms with E-state index in [0.717, 1.165) is 10.0 Å². The first-order chi connectivity index (χ1) is 12.0. The quantitative estimate of drug-likeness (QED) is 0.487. The number of hydrogen-bond donors (Lipinski definition) is 2. The van der Waals surface area contributed by atoms with E-state index in [-0.39, 0.29) is 0 Å². The first-order valence-electron chi connectivity index (χ1n) is 7.30. The average Bonchev–Trinajstić information content (AvgIpc) is 3.00. The highest BCUT2D eigenvalue weighted by Crippen LogP contribution is 2.25. The van der Waals surface area contributed by atoms with Crippen LogP contribution in [0.4, 0.5) is 11.5 Å². The highest BCUT2D eigenvalue weighted by molar-refractivity contribution is 9.10. The van der Waals surface area contributed by atoms with Crippen molar-refractivity contribution in [1.29, 1.82) is 0 Å². The lowest BCUT2D eigenvalue weighted by atomic mass is 10.2. The maximum absolute atomic E-state index is 6.12. The predicted octanol–water partition coefficient (Wildman–Crippen LogP) is 5.81. The van der Waals surface area contributed by atoms with Crippen molar-refractivity contribution in [2.24, 2.45) is 0 Å². The Hall–Kier alpha value is -1.60. The summed E-state index contributed by atoms with van der Waals surface area (Å²) in [7, 11) is 0. The van der Waals surface area contributed by atoms with E-state index in [9.17, 15) is 0 Å². The third-order valence-electron chi connectivity index (χ3n) is 3.32. The Labute approximate surface area is 169 Å². The number of hydrogen-bond acceptors (Lipinski definition) is 2. The summed E-state index contributed by atoms with van der Waals surface area (Å²) in [6.45, 7) is 0.676.